The zero-order valence-corrected chi connectivity index (χ0v) is 10.2. The summed E-state index contributed by atoms with van der Waals surface area (Å²) in [6, 6.07) is 1.91. The Balaban J connectivity index is 1.85. The van der Waals surface area contributed by atoms with Gasteiger partial charge in [-0.25, -0.2) is 4.68 Å². The number of aromatic nitrogens is 5. The van der Waals surface area contributed by atoms with Crippen LogP contribution in [-0.4, -0.2) is 31.9 Å². The lowest BCUT2D eigenvalue weighted by Crippen LogP contribution is -2.13. The summed E-state index contributed by atoms with van der Waals surface area (Å²) < 4.78 is 8.53. The molecule has 2 aromatic rings. The molecule has 0 aliphatic heterocycles. The first kappa shape index (κ1) is 11.6. The Hall–Kier alpha value is -1.89. The summed E-state index contributed by atoms with van der Waals surface area (Å²) in [5.41, 5.74) is 1.85. The van der Waals surface area contributed by atoms with Crippen molar-refractivity contribution in [3.8, 4) is 5.88 Å². The van der Waals surface area contributed by atoms with Gasteiger partial charge in [-0.1, -0.05) is 5.21 Å². The van der Waals surface area contributed by atoms with Crippen LogP contribution in [0.3, 0.4) is 0 Å². The van der Waals surface area contributed by atoms with Gasteiger partial charge in [-0.05, 0) is 0 Å². The number of nitrogens with one attached hydrogen (secondary N) is 1. The molecule has 0 radical (unpaired) electrons. The lowest BCUT2D eigenvalue weighted by molar-refractivity contribution is 0.373. The van der Waals surface area contributed by atoms with Gasteiger partial charge in [0, 0.05) is 39.4 Å². The molecule has 0 amide bonds. The highest BCUT2D eigenvalue weighted by molar-refractivity contribution is 5.15. The normalized spacial score (nSPS) is 10.8. The number of rotatable bonds is 5. The van der Waals surface area contributed by atoms with Crippen LogP contribution < -0.4 is 10.1 Å². The van der Waals surface area contributed by atoms with Crippen molar-refractivity contribution in [2.45, 2.75) is 13.1 Å². The molecule has 17 heavy (non-hydrogen) atoms. The minimum Gasteiger partial charge on any atom is -0.481 e. The van der Waals surface area contributed by atoms with Gasteiger partial charge in [0.1, 0.15) is 0 Å². The van der Waals surface area contributed by atoms with E-state index in [1.807, 2.05) is 26.4 Å². The van der Waals surface area contributed by atoms with Gasteiger partial charge in [0.25, 0.3) is 0 Å². The molecule has 7 nitrogen and oxygen atoms in total. The molecule has 0 aliphatic carbocycles. The predicted octanol–water partition coefficient (Wildman–Crippen LogP) is -0.153. The van der Waals surface area contributed by atoms with Crippen LogP contribution in [0.2, 0.25) is 0 Å². The molecule has 0 bridgehead atoms. The second-order valence-corrected chi connectivity index (χ2v) is 3.79. The van der Waals surface area contributed by atoms with Crippen molar-refractivity contribution >= 4 is 0 Å². The van der Waals surface area contributed by atoms with Crippen LogP contribution in [0.1, 0.15) is 11.4 Å². The fraction of sp³-hybridized carbons (Fsp3) is 0.500. The van der Waals surface area contributed by atoms with Crippen LogP contribution in [0.25, 0.3) is 0 Å². The Morgan fingerprint density at radius 1 is 1.29 bits per heavy atom. The van der Waals surface area contributed by atoms with E-state index >= 15 is 0 Å². The molecule has 2 rings (SSSR count). The summed E-state index contributed by atoms with van der Waals surface area (Å²) in [5, 5.41) is 15.4. The quantitative estimate of drug-likeness (QED) is 0.781. The van der Waals surface area contributed by atoms with E-state index in [1.165, 1.54) is 0 Å². The molecule has 1 N–H and O–H groups in total. The molecule has 0 unspecified atom stereocenters. The average molecular weight is 236 g/mol. The van der Waals surface area contributed by atoms with E-state index < -0.39 is 0 Å². The van der Waals surface area contributed by atoms with Gasteiger partial charge in [-0.2, -0.15) is 5.10 Å². The third-order valence-electron chi connectivity index (χ3n) is 2.36. The maximum atomic E-state index is 5.14. The fourth-order valence-electron chi connectivity index (χ4n) is 1.58. The second-order valence-electron chi connectivity index (χ2n) is 3.79. The first-order chi connectivity index (χ1) is 8.19. The van der Waals surface area contributed by atoms with E-state index in [4.69, 9.17) is 4.74 Å². The van der Waals surface area contributed by atoms with Crippen molar-refractivity contribution in [1.82, 2.24) is 30.1 Å². The molecular formula is C10H16N6O. The third-order valence-corrected chi connectivity index (χ3v) is 2.36. The summed E-state index contributed by atoms with van der Waals surface area (Å²) in [4.78, 5) is 0. The Bertz CT molecular complexity index is 489. The highest BCUT2D eigenvalue weighted by atomic mass is 16.5. The Morgan fingerprint density at radius 2 is 2.06 bits per heavy atom. The van der Waals surface area contributed by atoms with Crippen LogP contribution in [0.4, 0.5) is 0 Å². The third kappa shape index (κ3) is 2.82. The largest absolute Gasteiger partial charge is 0.481 e. The summed E-state index contributed by atoms with van der Waals surface area (Å²) in [5.74, 6) is 0.751. The minimum atomic E-state index is 0.673. The van der Waals surface area contributed by atoms with E-state index in [9.17, 15) is 0 Å². The van der Waals surface area contributed by atoms with Crippen molar-refractivity contribution in [2.24, 2.45) is 14.1 Å². The van der Waals surface area contributed by atoms with Crippen LogP contribution in [-0.2, 0) is 27.2 Å². The lowest BCUT2D eigenvalue weighted by atomic mass is 10.4. The molecule has 0 aromatic carbocycles. The van der Waals surface area contributed by atoms with Crippen LogP contribution in [0.15, 0.2) is 12.3 Å². The number of nitrogens with zero attached hydrogens (tertiary/aromatic N) is 5. The topological polar surface area (TPSA) is 69.8 Å². The van der Waals surface area contributed by atoms with Gasteiger partial charge in [0.15, 0.2) is 0 Å². The Kier molecular flexibility index (Phi) is 3.38. The SMILES string of the molecule is COc1cc(CNCc2cn(C)nn2)nn1C. The predicted molar refractivity (Wildman–Crippen MR) is 61.3 cm³/mol. The number of hydrogen-bond donors (Lipinski definition) is 1. The van der Waals surface area contributed by atoms with E-state index in [0.717, 1.165) is 17.3 Å². The number of ether oxygens (including phenoxy) is 1. The number of methoxy groups -OCH3 is 1. The molecule has 92 valence electrons. The van der Waals surface area contributed by atoms with E-state index in [1.54, 1.807) is 16.5 Å². The number of aryl methyl sites for hydroxylation is 2. The van der Waals surface area contributed by atoms with Gasteiger partial charge in [-0.15, -0.1) is 5.10 Å². The molecule has 0 fully saturated rings. The van der Waals surface area contributed by atoms with Crippen molar-refractivity contribution in [1.29, 1.82) is 0 Å². The average Bonchev–Trinajstić information content (AvgIpc) is 2.85. The maximum Gasteiger partial charge on any atom is 0.211 e. The molecule has 7 heteroatoms. The molecule has 2 aromatic heterocycles. The van der Waals surface area contributed by atoms with Crippen LogP contribution >= 0.6 is 0 Å². The van der Waals surface area contributed by atoms with Gasteiger partial charge in [0.05, 0.1) is 18.5 Å². The summed E-state index contributed by atoms with van der Waals surface area (Å²) in [7, 11) is 5.33. The Labute approximate surface area is 99.4 Å². The number of hydrogen-bond acceptors (Lipinski definition) is 5. The van der Waals surface area contributed by atoms with Gasteiger partial charge in [-0.3, -0.25) is 4.68 Å². The summed E-state index contributed by atoms with van der Waals surface area (Å²) in [6.07, 6.45) is 1.88. The summed E-state index contributed by atoms with van der Waals surface area (Å²) >= 11 is 0. The van der Waals surface area contributed by atoms with E-state index in [-0.39, 0.29) is 0 Å². The Morgan fingerprint density at radius 3 is 2.65 bits per heavy atom. The molecule has 0 saturated carbocycles. The van der Waals surface area contributed by atoms with Crippen molar-refractivity contribution in [3.05, 3.63) is 23.7 Å². The zero-order chi connectivity index (χ0) is 12.3. The first-order valence-corrected chi connectivity index (χ1v) is 5.32. The molecule has 0 aliphatic rings. The molecule has 0 atom stereocenters. The highest BCUT2D eigenvalue weighted by Crippen LogP contribution is 2.10. The van der Waals surface area contributed by atoms with Crippen LogP contribution in [0.5, 0.6) is 5.88 Å². The fourth-order valence-corrected chi connectivity index (χ4v) is 1.58. The van der Waals surface area contributed by atoms with E-state index in [0.29, 0.717) is 13.1 Å². The first-order valence-electron chi connectivity index (χ1n) is 5.32. The monoisotopic (exact) mass is 236 g/mol. The highest BCUT2D eigenvalue weighted by Gasteiger charge is 2.04. The van der Waals surface area contributed by atoms with Gasteiger partial charge in [0.2, 0.25) is 5.88 Å². The van der Waals surface area contributed by atoms with Crippen LogP contribution in [0, 0.1) is 0 Å². The van der Waals surface area contributed by atoms with E-state index in [2.05, 4.69) is 20.7 Å². The zero-order valence-electron chi connectivity index (χ0n) is 10.2. The molecule has 2 heterocycles. The maximum absolute atomic E-state index is 5.14. The van der Waals surface area contributed by atoms with Crippen molar-refractivity contribution in [2.75, 3.05) is 7.11 Å². The van der Waals surface area contributed by atoms with Crippen molar-refractivity contribution in [3.63, 3.8) is 0 Å². The lowest BCUT2D eigenvalue weighted by Gasteiger charge is -1.97. The van der Waals surface area contributed by atoms with Gasteiger partial charge >= 0.3 is 0 Å². The molecule has 0 saturated heterocycles. The van der Waals surface area contributed by atoms with Gasteiger partial charge < -0.3 is 10.1 Å². The summed E-state index contributed by atoms with van der Waals surface area (Å²) in [6.45, 7) is 1.35. The second kappa shape index (κ2) is 4.96. The minimum absolute atomic E-state index is 0.673. The molecule has 0 spiro atoms. The standard InChI is InChI=1S/C10H16N6O/c1-15-7-9(12-14-15)6-11-5-8-4-10(17-3)16(2)13-8/h4,7,11H,5-6H2,1-3H3. The molecular weight excluding hydrogens is 220 g/mol. The smallest absolute Gasteiger partial charge is 0.211 e. The van der Waals surface area contributed by atoms with Crippen molar-refractivity contribution < 1.29 is 4.74 Å².